The molecule has 0 saturated carbocycles. The maximum atomic E-state index is 12.0. The van der Waals surface area contributed by atoms with Gasteiger partial charge in [0.2, 0.25) is 0 Å². The van der Waals surface area contributed by atoms with Crippen LogP contribution in [0.25, 0.3) is 11.1 Å². The molecule has 0 aromatic heterocycles. The van der Waals surface area contributed by atoms with E-state index in [-0.39, 0.29) is 5.78 Å². The molecule has 1 aliphatic rings. The van der Waals surface area contributed by atoms with Crippen LogP contribution in [0.2, 0.25) is 5.02 Å². The predicted molar refractivity (Wildman–Crippen MR) is 60.3 cm³/mol. The van der Waals surface area contributed by atoms with Gasteiger partial charge in [-0.3, -0.25) is 4.79 Å². The largest absolute Gasteiger partial charge is 0.289 e. The summed E-state index contributed by atoms with van der Waals surface area (Å²) in [7, 11) is 0. The molecule has 0 spiro atoms. The van der Waals surface area contributed by atoms with E-state index in [1.807, 2.05) is 30.3 Å². The zero-order chi connectivity index (χ0) is 10.4. The molecule has 0 atom stereocenters. The van der Waals surface area contributed by atoms with Crippen molar-refractivity contribution in [2.45, 2.75) is 0 Å². The lowest BCUT2D eigenvalue weighted by Gasteiger charge is -1.98. The maximum absolute atomic E-state index is 12.0. The van der Waals surface area contributed by atoms with Gasteiger partial charge < -0.3 is 0 Å². The lowest BCUT2D eigenvalue weighted by molar-refractivity contribution is 0.104. The fourth-order valence-electron chi connectivity index (χ4n) is 2.00. The van der Waals surface area contributed by atoms with Crippen molar-refractivity contribution in [2.75, 3.05) is 0 Å². The van der Waals surface area contributed by atoms with E-state index >= 15 is 0 Å². The van der Waals surface area contributed by atoms with Gasteiger partial charge in [0.05, 0.1) is 0 Å². The molecule has 0 amide bonds. The molecule has 1 aliphatic carbocycles. The summed E-state index contributed by atoms with van der Waals surface area (Å²) in [5.41, 5.74) is 3.46. The molecule has 2 heteroatoms. The van der Waals surface area contributed by atoms with Gasteiger partial charge in [-0.2, -0.15) is 0 Å². The van der Waals surface area contributed by atoms with Gasteiger partial charge >= 0.3 is 0 Å². The number of hydrogen-bond donors (Lipinski definition) is 0. The first-order chi connectivity index (χ1) is 7.27. The quantitative estimate of drug-likeness (QED) is 0.559. The van der Waals surface area contributed by atoms with Crippen LogP contribution in [0.1, 0.15) is 15.9 Å². The van der Waals surface area contributed by atoms with Crippen LogP contribution in [-0.2, 0) is 0 Å². The van der Waals surface area contributed by atoms with Gasteiger partial charge in [0, 0.05) is 16.1 Å². The number of ketones is 1. The Bertz CT molecular complexity index is 572. The average molecular weight is 215 g/mol. The van der Waals surface area contributed by atoms with Crippen molar-refractivity contribution in [3.05, 3.63) is 58.6 Å². The average Bonchev–Trinajstić information content (AvgIpc) is 2.54. The second-order valence-electron chi connectivity index (χ2n) is 3.56. The molecule has 0 fully saturated rings. The Morgan fingerprint density at radius 3 is 2.27 bits per heavy atom. The Hall–Kier alpha value is -1.60. The fourth-order valence-corrected chi connectivity index (χ4v) is 2.17. The Morgan fingerprint density at radius 1 is 0.800 bits per heavy atom. The van der Waals surface area contributed by atoms with Crippen molar-refractivity contribution in [1.82, 2.24) is 0 Å². The Morgan fingerprint density at radius 2 is 1.47 bits per heavy atom. The third kappa shape index (κ3) is 1.13. The van der Waals surface area contributed by atoms with Gasteiger partial charge in [0.25, 0.3) is 0 Å². The fraction of sp³-hybridized carbons (Fsp3) is 0. The van der Waals surface area contributed by atoms with Gasteiger partial charge in [0.15, 0.2) is 5.78 Å². The topological polar surface area (TPSA) is 17.1 Å². The number of rotatable bonds is 0. The van der Waals surface area contributed by atoms with Crippen LogP contribution in [-0.4, -0.2) is 5.78 Å². The van der Waals surface area contributed by atoms with Gasteiger partial charge in [-0.1, -0.05) is 35.9 Å². The van der Waals surface area contributed by atoms with Gasteiger partial charge in [-0.05, 0) is 29.3 Å². The molecule has 0 radical (unpaired) electrons. The zero-order valence-corrected chi connectivity index (χ0v) is 8.58. The third-order valence-electron chi connectivity index (χ3n) is 2.69. The molecule has 72 valence electrons. The molecule has 0 N–H and O–H groups in total. The predicted octanol–water partition coefficient (Wildman–Crippen LogP) is 3.55. The summed E-state index contributed by atoms with van der Waals surface area (Å²) >= 11 is 5.93. The number of halogens is 1. The summed E-state index contributed by atoms with van der Waals surface area (Å²) in [5.74, 6) is 0.0947. The van der Waals surface area contributed by atoms with Crippen molar-refractivity contribution in [3.63, 3.8) is 0 Å². The second kappa shape index (κ2) is 2.94. The SMILES string of the molecule is O=C1c2ccccc2-c2cc(Cl)ccc21. The smallest absolute Gasteiger partial charge is 0.194 e. The highest BCUT2D eigenvalue weighted by Crippen LogP contribution is 2.37. The summed E-state index contributed by atoms with van der Waals surface area (Å²) in [6.45, 7) is 0. The summed E-state index contributed by atoms with van der Waals surface area (Å²) in [5, 5.41) is 0.665. The molecular formula is C13H7ClO. The van der Waals surface area contributed by atoms with E-state index in [1.165, 1.54) is 0 Å². The van der Waals surface area contributed by atoms with E-state index in [2.05, 4.69) is 0 Å². The first-order valence-corrected chi connectivity index (χ1v) is 5.09. The van der Waals surface area contributed by atoms with Crippen LogP contribution < -0.4 is 0 Å². The number of carbonyl (C=O) groups excluding carboxylic acids is 1. The first kappa shape index (κ1) is 8.69. The minimum Gasteiger partial charge on any atom is -0.289 e. The summed E-state index contributed by atoms with van der Waals surface area (Å²) in [6, 6.07) is 13.0. The van der Waals surface area contributed by atoms with Crippen LogP contribution in [0, 0.1) is 0 Å². The summed E-state index contributed by atoms with van der Waals surface area (Å²) in [6.07, 6.45) is 0. The Balaban J connectivity index is 2.39. The van der Waals surface area contributed by atoms with Gasteiger partial charge in [-0.25, -0.2) is 0 Å². The summed E-state index contributed by atoms with van der Waals surface area (Å²) < 4.78 is 0. The van der Waals surface area contributed by atoms with Gasteiger partial charge in [-0.15, -0.1) is 0 Å². The van der Waals surface area contributed by atoms with Gasteiger partial charge in [0.1, 0.15) is 0 Å². The van der Waals surface area contributed by atoms with Crippen molar-refractivity contribution < 1.29 is 4.79 Å². The van der Waals surface area contributed by atoms with E-state index in [1.54, 1.807) is 12.1 Å². The standard InChI is InChI=1S/C13H7ClO/c14-8-5-6-11-12(7-8)9-3-1-2-4-10(9)13(11)15/h1-7H. The molecule has 2 aromatic carbocycles. The monoisotopic (exact) mass is 214 g/mol. The van der Waals surface area contributed by atoms with Crippen molar-refractivity contribution in [2.24, 2.45) is 0 Å². The van der Waals surface area contributed by atoms with Crippen LogP contribution in [0.5, 0.6) is 0 Å². The molecule has 15 heavy (non-hydrogen) atoms. The van der Waals surface area contributed by atoms with Crippen LogP contribution in [0.4, 0.5) is 0 Å². The van der Waals surface area contributed by atoms with E-state index in [4.69, 9.17) is 11.6 Å². The zero-order valence-electron chi connectivity index (χ0n) is 7.83. The first-order valence-electron chi connectivity index (χ1n) is 4.71. The lowest BCUT2D eigenvalue weighted by Crippen LogP contribution is -1.93. The second-order valence-corrected chi connectivity index (χ2v) is 4.00. The molecular weight excluding hydrogens is 208 g/mol. The minimum absolute atomic E-state index is 0.0947. The maximum Gasteiger partial charge on any atom is 0.194 e. The highest BCUT2D eigenvalue weighted by Gasteiger charge is 2.25. The molecule has 3 rings (SSSR count). The third-order valence-corrected chi connectivity index (χ3v) is 2.92. The van der Waals surface area contributed by atoms with Crippen molar-refractivity contribution in [1.29, 1.82) is 0 Å². The van der Waals surface area contributed by atoms with Crippen molar-refractivity contribution >= 4 is 17.4 Å². The summed E-state index contributed by atoms with van der Waals surface area (Å²) in [4.78, 5) is 12.0. The number of benzene rings is 2. The molecule has 0 aliphatic heterocycles. The van der Waals surface area contributed by atoms with Crippen LogP contribution in [0.3, 0.4) is 0 Å². The van der Waals surface area contributed by atoms with Crippen LogP contribution >= 0.6 is 11.6 Å². The highest BCUT2D eigenvalue weighted by atomic mass is 35.5. The van der Waals surface area contributed by atoms with Crippen LogP contribution in [0.15, 0.2) is 42.5 Å². The van der Waals surface area contributed by atoms with E-state index in [9.17, 15) is 4.79 Å². The normalized spacial score (nSPS) is 12.5. The molecule has 0 heterocycles. The van der Waals surface area contributed by atoms with E-state index in [0.717, 1.165) is 22.3 Å². The number of hydrogen-bond acceptors (Lipinski definition) is 1. The molecule has 1 nitrogen and oxygen atoms in total. The highest BCUT2D eigenvalue weighted by molar-refractivity contribution is 6.32. The number of carbonyl (C=O) groups is 1. The molecule has 0 bridgehead atoms. The Labute approximate surface area is 92.3 Å². The van der Waals surface area contributed by atoms with Crippen molar-refractivity contribution in [3.8, 4) is 11.1 Å². The minimum atomic E-state index is 0.0947. The molecule has 2 aromatic rings. The Kier molecular flexibility index (Phi) is 1.70. The van der Waals surface area contributed by atoms with E-state index < -0.39 is 0 Å². The molecule has 0 unspecified atom stereocenters. The van der Waals surface area contributed by atoms with E-state index in [0.29, 0.717) is 5.02 Å². The number of fused-ring (bicyclic) bond motifs is 3. The lowest BCUT2D eigenvalue weighted by atomic mass is 10.1. The molecule has 0 saturated heterocycles.